The average molecular weight is 677 g/mol. The summed E-state index contributed by atoms with van der Waals surface area (Å²) in [6.45, 7) is 2.64. The van der Waals surface area contributed by atoms with Gasteiger partial charge in [0.05, 0.1) is 53.4 Å². The van der Waals surface area contributed by atoms with Crippen molar-refractivity contribution in [3.05, 3.63) is 56.5 Å². The molecule has 1 heterocycles. The van der Waals surface area contributed by atoms with Gasteiger partial charge >= 0.3 is 6.03 Å². The first-order chi connectivity index (χ1) is 22.3. The van der Waals surface area contributed by atoms with Crippen LogP contribution in [0.2, 0.25) is 0 Å². The Morgan fingerprint density at radius 3 is 2.51 bits per heavy atom. The van der Waals surface area contributed by atoms with Crippen LogP contribution in [0.25, 0.3) is 0 Å². The Morgan fingerprint density at radius 1 is 1.17 bits per heavy atom. The fourth-order valence-corrected chi connectivity index (χ4v) is 6.35. The van der Waals surface area contributed by atoms with Crippen molar-refractivity contribution in [3.8, 4) is 17.2 Å². The fourth-order valence-electron chi connectivity index (χ4n) is 6.26. The van der Waals surface area contributed by atoms with Gasteiger partial charge in [-0.25, -0.2) is 4.79 Å². The largest absolute Gasteiger partial charge is 0.507 e. The lowest BCUT2D eigenvalue weighted by atomic mass is 9.72. The van der Waals surface area contributed by atoms with Crippen LogP contribution in [0.4, 0.5) is 4.79 Å². The number of aromatic hydroxyl groups is 2. The highest BCUT2D eigenvalue weighted by atomic mass is 35.5. The second kappa shape index (κ2) is 13.1. The maximum Gasteiger partial charge on any atom is 0.355 e. The molecule has 252 valence electrons. The summed E-state index contributed by atoms with van der Waals surface area (Å²) in [5.41, 5.74) is -1.16. The summed E-state index contributed by atoms with van der Waals surface area (Å²) >= 11 is 5.58. The van der Waals surface area contributed by atoms with Crippen molar-refractivity contribution in [2.45, 2.75) is 69.4 Å². The second-order valence-electron chi connectivity index (χ2n) is 11.5. The van der Waals surface area contributed by atoms with E-state index in [1.165, 1.54) is 32.2 Å². The van der Waals surface area contributed by atoms with Crippen molar-refractivity contribution in [1.82, 2.24) is 15.9 Å². The number of ketones is 3. The number of nitroso groups, excluding NO2 is 1. The van der Waals surface area contributed by atoms with E-state index in [-0.39, 0.29) is 46.8 Å². The number of nitrogens with zero attached hydrogens (tertiary/aromatic N) is 2. The number of Topliss-reactive ketones (excluding diaryl/α,β-unsaturated/α-hetero) is 1. The van der Waals surface area contributed by atoms with Crippen LogP contribution in [0.3, 0.4) is 0 Å². The summed E-state index contributed by atoms with van der Waals surface area (Å²) in [5, 5.41) is 50.6. The number of phenolic OH excluding ortho intramolecular Hbond substituents is 2. The molecule has 2 aromatic rings. The van der Waals surface area contributed by atoms with Gasteiger partial charge in [-0.05, 0) is 19.9 Å². The number of hydrogen-bond acceptors (Lipinski definition) is 14. The molecular weight excluding hydrogens is 644 g/mol. The van der Waals surface area contributed by atoms with Crippen LogP contribution in [0.5, 0.6) is 17.2 Å². The zero-order chi connectivity index (χ0) is 34.4. The number of aliphatic hydroxyl groups is 2. The number of ether oxygens (including phenoxy) is 3. The van der Waals surface area contributed by atoms with E-state index in [1.807, 2.05) is 0 Å². The van der Waals surface area contributed by atoms with Gasteiger partial charge in [0, 0.05) is 48.4 Å². The molecule has 2 amide bonds. The number of hydrazine groups is 1. The summed E-state index contributed by atoms with van der Waals surface area (Å²) in [6.07, 6.45) is -6.13. The van der Waals surface area contributed by atoms with Crippen molar-refractivity contribution in [1.29, 1.82) is 0 Å². The van der Waals surface area contributed by atoms with Crippen molar-refractivity contribution < 1.29 is 53.8 Å². The Kier molecular flexibility index (Phi) is 9.54. The number of rotatable bonds is 9. The third-order valence-electron chi connectivity index (χ3n) is 8.69. The first kappa shape index (κ1) is 34.2. The van der Waals surface area contributed by atoms with Crippen molar-refractivity contribution in [3.63, 3.8) is 0 Å². The molecule has 1 aliphatic heterocycles. The number of urea groups is 1. The number of phenols is 2. The van der Waals surface area contributed by atoms with Gasteiger partial charge in [-0.3, -0.25) is 14.4 Å². The van der Waals surface area contributed by atoms with Gasteiger partial charge in [-0.15, -0.1) is 21.6 Å². The van der Waals surface area contributed by atoms with Crippen LogP contribution in [0.15, 0.2) is 23.5 Å². The van der Waals surface area contributed by atoms with Crippen LogP contribution in [0.1, 0.15) is 75.8 Å². The minimum Gasteiger partial charge on any atom is -0.507 e. The first-order valence-corrected chi connectivity index (χ1v) is 15.1. The molecule has 5 rings (SSSR count). The minimum atomic E-state index is -2.13. The van der Waals surface area contributed by atoms with Crippen molar-refractivity contribution in [2.24, 2.45) is 5.29 Å². The number of methoxy groups -OCH3 is 1. The quantitative estimate of drug-likeness (QED) is 0.0817. The highest BCUT2D eigenvalue weighted by Gasteiger charge is 2.49. The Morgan fingerprint density at radius 2 is 1.87 bits per heavy atom. The van der Waals surface area contributed by atoms with Crippen LogP contribution < -0.4 is 15.5 Å². The van der Waals surface area contributed by atoms with Crippen molar-refractivity contribution in [2.75, 3.05) is 19.5 Å². The molecule has 6 atom stereocenters. The van der Waals surface area contributed by atoms with Gasteiger partial charge < -0.3 is 40.0 Å². The van der Waals surface area contributed by atoms with Crippen molar-refractivity contribution >= 4 is 35.0 Å². The number of fused-ring (bicyclic) bond motifs is 3. The monoisotopic (exact) mass is 676 g/mol. The van der Waals surface area contributed by atoms with E-state index in [1.54, 1.807) is 0 Å². The maximum atomic E-state index is 13.8. The van der Waals surface area contributed by atoms with E-state index in [4.69, 9.17) is 25.8 Å². The lowest BCUT2D eigenvalue weighted by Crippen LogP contribution is -2.59. The normalized spacial score (nSPS) is 26.5. The van der Waals surface area contributed by atoms with Crippen LogP contribution in [0, 0.1) is 4.91 Å². The standard InChI is InChI=1S/C30H33ClN4O12/c1-12-24(37)16(33-35(34-44)29(42)32-8-7-31)9-19(46-12)47-18-11-30(43,13(2)36)10-15-21(18)28(41)23-22(26(15)39)25(38)14-5-4-6-17(45-3)20(14)27(23)40/h4-6,12,16,18-19,24,33,37,39,41,43H,7-11H2,1-3H3,(H,32,42)/t12?,16?,18-,19?,24?,30-/m0/s1. The topological polar surface area (TPSA) is 234 Å². The van der Waals surface area contributed by atoms with Gasteiger partial charge in [0.2, 0.25) is 5.78 Å². The summed E-state index contributed by atoms with van der Waals surface area (Å²) in [6, 6.07) is 2.32. The molecule has 3 aliphatic rings. The Balaban J connectivity index is 1.55. The summed E-state index contributed by atoms with van der Waals surface area (Å²) in [7, 11) is 1.31. The molecule has 0 saturated carbocycles. The minimum absolute atomic E-state index is 0.0270. The zero-order valence-corrected chi connectivity index (χ0v) is 26.2. The van der Waals surface area contributed by atoms with Gasteiger partial charge in [0.1, 0.15) is 22.8 Å². The molecule has 1 saturated heterocycles. The van der Waals surface area contributed by atoms with Crippen LogP contribution >= 0.6 is 11.6 Å². The van der Waals surface area contributed by atoms with Gasteiger partial charge in [0.25, 0.3) is 0 Å². The number of benzene rings is 2. The third-order valence-corrected chi connectivity index (χ3v) is 8.88. The molecule has 0 aromatic heterocycles. The number of halogens is 1. The van der Waals surface area contributed by atoms with Gasteiger partial charge in [-0.2, -0.15) is 5.43 Å². The molecule has 1 fully saturated rings. The van der Waals surface area contributed by atoms with Gasteiger partial charge in [0.15, 0.2) is 17.9 Å². The van der Waals surface area contributed by atoms with Crippen LogP contribution in [-0.2, 0) is 20.7 Å². The molecular formula is C30H33ClN4O12. The maximum absolute atomic E-state index is 13.8. The summed E-state index contributed by atoms with van der Waals surface area (Å²) in [4.78, 5) is 63.8. The molecule has 47 heavy (non-hydrogen) atoms. The molecule has 0 radical (unpaired) electrons. The predicted molar refractivity (Wildman–Crippen MR) is 161 cm³/mol. The third kappa shape index (κ3) is 5.92. The first-order valence-electron chi connectivity index (χ1n) is 14.6. The molecule has 4 unspecified atom stereocenters. The molecule has 17 heteroatoms. The Labute approximate surface area is 272 Å². The van der Waals surface area contributed by atoms with E-state index >= 15 is 0 Å². The SMILES string of the molecule is COc1cccc2c1C(=O)c1c(O)c3c(c(O)c1C2=O)C[C@@](O)(C(C)=O)C[C@@H]3OC1CC(NN(N=O)C(=O)NCCCl)C(O)C(C)O1. The lowest BCUT2D eigenvalue weighted by Gasteiger charge is -2.43. The van der Waals surface area contributed by atoms with E-state index in [2.05, 4.69) is 16.0 Å². The molecule has 6 N–H and O–H groups in total. The number of hydrogen-bond donors (Lipinski definition) is 6. The summed E-state index contributed by atoms with van der Waals surface area (Å²) < 4.78 is 17.3. The zero-order valence-electron chi connectivity index (χ0n) is 25.5. The van der Waals surface area contributed by atoms with E-state index in [0.717, 1.165) is 6.92 Å². The van der Waals surface area contributed by atoms with E-state index < -0.39 is 95.1 Å². The Bertz CT molecular complexity index is 1650. The second-order valence-corrected chi connectivity index (χ2v) is 11.9. The smallest absolute Gasteiger partial charge is 0.355 e. The summed E-state index contributed by atoms with van der Waals surface area (Å²) in [5.74, 6) is -3.58. The Hall–Kier alpha value is -4.19. The number of carbonyl (C=O) groups excluding carboxylic acids is 4. The van der Waals surface area contributed by atoms with E-state index in [0.29, 0.717) is 5.12 Å². The number of aliphatic hydroxyl groups excluding tert-OH is 1. The molecule has 2 aliphatic carbocycles. The molecule has 2 aromatic carbocycles. The predicted octanol–water partition coefficient (Wildman–Crippen LogP) is 1.51. The van der Waals surface area contributed by atoms with E-state index in [9.17, 15) is 44.5 Å². The molecule has 0 bridgehead atoms. The number of alkyl halides is 1. The average Bonchev–Trinajstić information content (AvgIpc) is 3.04. The number of carbonyl (C=O) groups is 4. The number of amides is 2. The highest BCUT2D eigenvalue weighted by Crippen LogP contribution is 2.52. The number of nitrogens with one attached hydrogen (secondary N) is 2. The highest BCUT2D eigenvalue weighted by molar-refractivity contribution is 6.31. The van der Waals surface area contributed by atoms with Crippen LogP contribution in [-0.4, -0.2) is 98.6 Å². The molecule has 16 nitrogen and oxygen atoms in total. The fraction of sp³-hybridized carbons (Fsp3) is 0.467. The lowest BCUT2D eigenvalue weighted by molar-refractivity contribution is -0.252. The molecule has 0 spiro atoms. The van der Waals surface area contributed by atoms with Gasteiger partial charge in [-0.1, -0.05) is 12.1 Å².